The lowest BCUT2D eigenvalue weighted by Crippen LogP contribution is -2.14. The smallest absolute Gasteiger partial charge is 0.257 e. The highest BCUT2D eigenvalue weighted by molar-refractivity contribution is 14.1. The number of rotatable bonds is 2. The Kier molecular flexibility index (Phi) is 3.63. The molecule has 2 aromatic carbocycles. The number of nitrogen functional groups attached to an aromatic ring is 1. The summed E-state index contributed by atoms with van der Waals surface area (Å²) < 4.78 is 0.993. The molecule has 3 nitrogen and oxygen atoms in total. The van der Waals surface area contributed by atoms with Crippen molar-refractivity contribution in [1.82, 2.24) is 0 Å². The summed E-state index contributed by atoms with van der Waals surface area (Å²) in [6.07, 6.45) is 0. The van der Waals surface area contributed by atoms with Crippen molar-refractivity contribution in [3.63, 3.8) is 0 Å². The van der Waals surface area contributed by atoms with Gasteiger partial charge in [0.1, 0.15) is 0 Å². The fourth-order valence-electron chi connectivity index (χ4n) is 1.46. The fourth-order valence-corrected chi connectivity index (χ4v) is 1.98. The van der Waals surface area contributed by atoms with Crippen molar-refractivity contribution in [2.75, 3.05) is 11.1 Å². The Bertz CT molecular complexity index is 555. The number of carbonyl (C=O) groups is 1. The Hall–Kier alpha value is -1.56. The van der Waals surface area contributed by atoms with Gasteiger partial charge in [-0.25, -0.2) is 0 Å². The van der Waals surface area contributed by atoms with Gasteiger partial charge >= 0.3 is 0 Å². The lowest BCUT2D eigenvalue weighted by atomic mass is 10.1. The van der Waals surface area contributed by atoms with Crippen molar-refractivity contribution in [3.05, 3.63) is 57.7 Å². The van der Waals surface area contributed by atoms with Gasteiger partial charge in [-0.3, -0.25) is 4.79 Å². The van der Waals surface area contributed by atoms with E-state index in [2.05, 4.69) is 27.9 Å². The van der Waals surface area contributed by atoms with Crippen LogP contribution in [0.15, 0.2) is 48.5 Å². The number of hydrogen-bond donors (Lipinski definition) is 2. The van der Waals surface area contributed by atoms with Crippen molar-refractivity contribution < 1.29 is 4.79 Å². The molecule has 0 unspecified atom stereocenters. The number of para-hydroxylation sites is 2. The second-order valence-electron chi connectivity index (χ2n) is 3.52. The first-order valence-electron chi connectivity index (χ1n) is 5.09. The highest BCUT2D eigenvalue weighted by atomic mass is 127. The van der Waals surface area contributed by atoms with E-state index in [4.69, 9.17) is 5.73 Å². The maximum absolute atomic E-state index is 12.0. The van der Waals surface area contributed by atoms with Gasteiger partial charge < -0.3 is 11.1 Å². The van der Waals surface area contributed by atoms with Crippen LogP contribution in [0.4, 0.5) is 11.4 Å². The van der Waals surface area contributed by atoms with Crippen molar-refractivity contribution in [1.29, 1.82) is 0 Å². The molecule has 0 fully saturated rings. The molecule has 86 valence electrons. The van der Waals surface area contributed by atoms with Crippen molar-refractivity contribution >= 4 is 39.9 Å². The van der Waals surface area contributed by atoms with Crippen LogP contribution < -0.4 is 11.1 Å². The molecule has 3 N–H and O–H groups in total. The molecule has 0 atom stereocenters. The van der Waals surface area contributed by atoms with Gasteiger partial charge in [0.2, 0.25) is 0 Å². The summed E-state index contributed by atoms with van der Waals surface area (Å²) in [5.41, 5.74) is 7.52. The number of nitrogens with one attached hydrogen (secondary N) is 1. The zero-order valence-corrected chi connectivity index (χ0v) is 11.1. The molecular formula is C13H11IN2O. The summed E-state index contributed by atoms with van der Waals surface area (Å²) in [6.45, 7) is 0. The predicted molar refractivity (Wildman–Crippen MR) is 78.0 cm³/mol. The first kappa shape index (κ1) is 11.9. The van der Waals surface area contributed by atoms with E-state index in [1.807, 2.05) is 24.3 Å². The van der Waals surface area contributed by atoms with Crippen LogP contribution in [0.5, 0.6) is 0 Å². The van der Waals surface area contributed by atoms with Crippen molar-refractivity contribution in [2.24, 2.45) is 0 Å². The lowest BCUT2D eigenvalue weighted by Gasteiger charge is -2.08. The first-order chi connectivity index (χ1) is 8.18. The highest BCUT2D eigenvalue weighted by Gasteiger charge is 2.10. The molecule has 0 bridgehead atoms. The molecule has 0 aliphatic heterocycles. The third kappa shape index (κ3) is 2.76. The summed E-state index contributed by atoms with van der Waals surface area (Å²) in [5, 5.41) is 2.84. The molecule has 0 aliphatic rings. The average Bonchev–Trinajstić information content (AvgIpc) is 2.32. The van der Waals surface area contributed by atoms with Gasteiger partial charge in [0, 0.05) is 9.26 Å². The second kappa shape index (κ2) is 5.18. The quantitative estimate of drug-likeness (QED) is 0.653. The number of halogens is 1. The third-order valence-electron chi connectivity index (χ3n) is 2.33. The zero-order valence-electron chi connectivity index (χ0n) is 8.98. The third-order valence-corrected chi connectivity index (χ3v) is 3.27. The molecule has 0 saturated heterocycles. The Morgan fingerprint density at radius 3 is 2.41 bits per heavy atom. The molecule has 0 aliphatic carbocycles. The van der Waals surface area contributed by atoms with Gasteiger partial charge in [-0.1, -0.05) is 24.3 Å². The zero-order chi connectivity index (χ0) is 12.3. The number of benzene rings is 2. The number of hydrogen-bond acceptors (Lipinski definition) is 2. The SMILES string of the molecule is Nc1ccccc1C(=O)Nc1ccccc1I. The Morgan fingerprint density at radius 2 is 1.71 bits per heavy atom. The molecule has 4 heteroatoms. The Balaban J connectivity index is 2.24. The van der Waals surface area contributed by atoms with Crippen LogP contribution >= 0.6 is 22.6 Å². The van der Waals surface area contributed by atoms with E-state index >= 15 is 0 Å². The van der Waals surface area contributed by atoms with Crippen LogP contribution in [0.25, 0.3) is 0 Å². The monoisotopic (exact) mass is 338 g/mol. The molecule has 2 aromatic rings. The van der Waals surface area contributed by atoms with E-state index in [9.17, 15) is 4.79 Å². The van der Waals surface area contributed by atoms with E-state index in [-0.39, 0.29) is 5.91 Å². The standard InChI is InChI=1S/C13H11IN2O/c14-10-6-2-4-8-12(10)16-13(17)9-5-1-3-7-11(9)15/h1-8H,15H2,(H,16,17). The van der Waals surface area contributed by atoms with Crippen molar-refractivity contribution in [3.8, 4) is 0 Å². The van der Waals surface area contributed by atoms with Crippen LogP contribution in [0, 0.1) is 3.57 Å². The van der Waals surface area contributed by atoms with Gasteiger partial charge in [0.15, 0.2) is 0 Å². The Labute approximate surface area is 113 Å². The largest absolute Gasteiger partial charge is 0.398 e. The molecule has 0 saturated carbocycles. The van der Waals surface area contributed by atoms with Crippen LogP contribution in [-0.4, -0.2) is 5.91 Å². The van der Waals surface area contributed by atoms with E-state index in [1.165, 1.54) is 0 Å². The molecule has 1 amide bonds. The maximum Gasteiger partial charge on any atom is 0.257 e. The topological polar surface area (TPSA) is 55.1 Å². The summed E-state index contributed by atoms with van der Waals surface area (Å²) in [7, 11) is 0. The molecular weight excluding hydrogens is 327 g/mol. The van der Waals surface area contributed by atoms with Gasteiger partial charge in [0.05, 0.1) is 11.3 Å². The average molecular weight is 338 g/mol. The fraction of sp³-hybridized carbons (Fsp3) is 0. The van der Waals surface area contributed by atoms with Crippen LogP contribution in [0.3, 0.4) is 0 Å². The molecule has 17 heavy (non-hydrogen) atoms. The minimum absolute atomic E-state index is 0.188. The lowest BCUT2D eigenvalue weighted by molar-refractivity contribution is 0.102. The second-order valence-corrected chi connectivity index (χ2v) is 4.68. The summed E-state index contributed by atoms with van der Waals surface area (Å²) >= 11 is 2.18. The van der Waals surface area contributed by atoms with Gasteiger partial charge in [0.25, 0.3) is 5.91 Å². The van der Waals surface area contributed by atoms with E-state index in [0.29, 0.717) is 11.3 Å². The summed E-state index contributed by atoms with van der Waals surface area (Å²) in [6, 6.07) is 14.6. The van der Waals surface area contributed by atoms with Gasteiger partial charge in [-0.2, -0.15) is 0 Å². The Morgan fingerprint density at radius 1 is 1.06 bits per heavy atom. The minimum atomic E-state index is -0.188. The van der Waals surface area contributed by atoms with Gasteiger partial charge in [-0.15, -0.1) is 0 Å². The summed E-state index contributed by atoms with van der Waals surface area (Å²) in [5.74, 6) is -0.188. The van der Waals surface area contributed by atoms with E-state index in [1.54, 1.807) is 24.3 Å². The summed E-state index contributed by atoms with van der Waals surface area (Å²) in [4.78, 5) is 12.0. The molecule has 0 aromatic heterocycles. The number of carbonyl (C=O) groups excluding carboxylic acids is 1. The van der Waals surface area contributed by atoms with Crippen LogP contribution in [-0.2, 0) is 0 Å². The minimum Gasteiger partial charge on any atom is -0.398 e. The van der Waals surface area contributed by atoms with Crippen molar-refractivity contribution in [2.45, 2.75) is 0 Å². The van der Waals surface area contributed by atoms with Gasteiger partial charge in [-0.05, 0) is 46.9 Å². The predicted octanol–water partition coefficient (Wildman–Crippen LogP) is 3.13. The number of nitrogens with two attached hydrogens (primary N) is 1. The first-order valence-corrected chi connectivity index (χ1v) is 6.17. The molecule has 0 radical (unpaired) electrons. The van der Waals surface area contributed by atoms with E-state index < -0.39 is 0 Å². The van der Waals surface area contributed by atoms with Crippen LogP contribution in [0.2, 0.25) is 0 Å². The number of anilines is 2. The molecule has 2 rings (SSSR count). The highest BCUT2D eigenvalue weighted by Crippen LogP contribution is 2.19. The maximum atomic E-state index is 12.0. The van der Waals surface area contributed by atoms with E-state index in [0.717, 1.165) is 9.26 Å². The normalized spacial score (nSPS) is 9.94. The van der Waals surface area contributed by atoms with Crippen LogP contribution in [0.1, 0.15) is 10.4 Å². The molecule has 0 spiro atoms. The molecule has 0 heterocycles. The number of amides is 1.